The average molecular weight is 366 g/mol. The molecule has 0 radical (unpaired) electrons. The van der Waals surface area contributed by atoms with Gasteiger partial charge < -0.3 is 9.88 Å². The summed E-state index contributed by atoms with van der Waals surface area (Å²) in [6, 6.07) is 8.95. The number of rotatable bonds is 4. The minimum atomic E-state index is -3.39. The van der Waals surface area contributed by atoms with Gasteiger partial charge in [0, 0.05) is 20.3 Å². The second-order valence-electron chi connectivity index (χ2n) is 5.38. The van der Waals surface area contributed by atoms with Crippen LogP contribution in [0, 0.1) is 0 Å². The van der Waals surface area contributed by atoms with Crippen LogP contribution in [0.3, 0.4) is 0 Å². The number of fused-ring (bicyclic) bond motifs is 1. The van der Waals surface area contributed by atoms with E-state index < -0.39 is 10.0 Å². The minimum absolute atomic E-state index is 0.112. The van der Waals surface area contributed by atoms with E-state index in [-0.39, 0.29) is 5.28 Å². The molecule has 0 saturated carbocycles. The molecule has 7 nitrogen and oxygen atoms in total. The first-order valence-electron chi connectivity index (χ1n) is 7.06. The Morgan fingerprint density at radius 2 is 1.92 bits per heavy atom. The summed E-state index contributed by atoms with van der Waals surface area (Å²) in [5, 5.41) is 4.07. The highest BCUT2D eigenvalue weighted by Gasteiger charge is 2.17. The second kappa shape index (κ2) is 5.95. The van der Waals surface area contributed by atoms with Crippen LogP contribution in [-0.2, 0) is 17.1 Å². The van der Waals surface area contributed by atoms with E-state index >= 15 is 0 Å². The van der Waals surface area contributed by atoms with Gasteiger partial charge in [-0.25, -0.2) is 8.42 Å². The summed E-state index contributed by atoms with van der Waals surface area (Å²) in [5.74, 6) is 0.514. The molecular formula is C15H16ClN5O2S. The molecule has 0 fully saturated rings. The van der Waals surface area contributed by atoms with E-state index in [9.17, 15) is 8.42 Å². The Labute approximate surface area is 144 Å². The number of hydrogen-bond acceptors (Lipinski definition) is 5. The predicted molar refractivity (Wildman–Crippen MR) is 96.5 cm³/mol. The highest BCUT2D eigenvalue weighted by atomic mass is 35.5. The molecule has 0 saturated heterocycles. The second-order valence-corrected chi connectivity index (χ2v) is 7.73. The van der Waals surface area contributed by atoms with Gasteiger partial charge in [0.2, 0.25) is 15.3 Å². The zero-order chi connectivity index (χ0) is 17.5. The summed E-state index contributed by atoms with van der Waals surface area (Å²) in [5.41, 5.74) is 1.80. The smallest absolute Gasteiger partial charge is 0.232 e. The van der Waals surface area contributed by atoms with Crippen LogP contribution < -0.4 is 9.62 Å². The van der Waals surface area contributed by atoms with Crippen LogP contribution >= 0.6 is 11.6 Å². The summed E-state index contributed by atoms with van der Waals surface area (Å²) >= 11 is 6.01. The van der Waals surface area contributed by atoms with Gasteiger partial charge in [-0.2, -0.15) is 9.97 Å². The van der Waals surface area contributed by atoms with Crippen molar-refractivity contribution in [3.63, 3.8) is 0 Å². The Kier molecular flexibility index (Phi) is 4.10. The molecule has 3 rings (SSSR count). The normalized spacial score (nSPS) is 11.7. The molecule has 0 amide bonds. The number of nitrogens with one attached hydrogen (secondary N) is 1. The van der Waals surface area contributed by atoms with E-state index in [4.69, 9.17) is 11.6 Å². The molecule has 2 heterocycles. The largest absolute Gasteiger partial charge is 0.338 e. The van der Waals surface area contributed by atoms with Crippen molar-refractivity contribution in [2.45, 2.75) is 0 Å². The van der Waals surface area contributed by atoms with Crippen molar-refractivity contribution in [3.8, 4) is 0 Å². The first-order chi connectivity index (χ1) is 11.3. The molecule has 0 atom stereocenters. The summed E-state index contributed by atoms with van der Waals surface area (Å²) in [7, 11) is -0.0240. The third-order valence-corrected chi connectivity index (χ3v) is 5.05. The summed E-state index contributed by atoms with van der Waals surface area (Å²) in [4.78, 5) is 8.44. The van der Waals surface area contributed by atoms with Gasteiger partial charge in [0.15, 0.2) is 0 Å². The zero-order valence-corrected chi connectivity index (χ0v) is 14.9. The maximum atomic E-state index is 11.9. The molecule has 126 valence electrons. The number of aromatic nitrogens is 3. The van der Waals surface area contributed by atoms with Gasteiger partial charge in [0.05, 0.1) is 23.0 Å². The molecule has 3 aromatic rings. The minimum Gasteiger partial charge on any atom is -0.338 e. The van der Waals surface area contributed by atoms with Crippen molar-refractivity contribution in [1.29, 1.82) is 0 Å². The highest BCUT2D eigenvalue weighted by Crippen LogP contribution is 2.31. The fraction of sp³-hybridized carbons (Fsp3) is 0.200. The van der Waals surface area contributed by atoms with E-state index in [1.807, 2.05) is 29.9 Å². The number of halogens is 1. The molecule has 0 aliphatic carbocycles. The Morgan fingerprint density at radius 3 is 2.62 bits per heavy atom. The van der Waals surface area contributed by atoms with Crippen LogP contribution in [0.25, 0.3) is 11.0 Å². The third-order valence-electron chi connectivity index (χ3n) is 3.69. The van der Waals surface area contributed by atoms with E-state index in [1.54, 1.807) is 18.2 Å². The van der Waals surface area contributed by atoms with Crippen LogP contribution in [0.5, 0.6) is 0 Å². The van der Waals surface area contributed by atoms with Gasteiger partial charge in [-0.3, -0.25) is 4.31 Å². The Hall–Kier alpha value is -2.32. The van der Waals surface area contributed by atoms with Gasteiger partial charge in [0.25, 0.3) is 0 Å². The Morgan fingerprint density at radius 1 is 1.21 bits per heavy atom. The third kappa shape index (κ3) is 3.02. The Bertz CT molecular complexity index is 1020. The van der Waals surface area contributed by atoms with Gasteiger partial charge in [-0.15, -0.1) is 0 Å². The molecule has 0 aliphatic heterocycles. The molecule has 0 aliphatic rings. The molecule has 1 N–H and O–H groups in total. The lowest BCUT2D eigenvalue weighted by atomic mass is 10.2. The predicted octanol–water partition coefficient (Wildman–Crippen LogP) is 2.76. The number of nitrogens with zero attached hydrogens (tertiary/aromatic N) is 4. The molecule has 1 aromatic carbocycles. The number of para-hydroxylation sites is 2. The van der Waals surface area contributed by atoms with Crippen LogP contribution in [0.2, 0.25) is 5.28 Å². The molecule has 24 heavy (non-hydrogen) atoms. The monoisotopic (exact) mass is 365 g/mol. The van der Waals surface area contributed by atoms with Crippen molar-refractivity contribution in [1.82, 2.24) is 14.5 Å². The number of benzene rings is 1. The summed E-state index contributed by atoms with van der Waals surface area (Å²) in [6.45, 7) is 0. The number of hydrogen-bond donors (Lipinski definition) is 1. The van der Waals surface area contributed by atoms with Crippen molar-refractivity contribution >= 4 is 49.9 Å². The molecular weight excluding hydrogens is 350 g/mol. The average Bonchev–Trinajstić information content (AvgIpc) is 2.88. The van der Waals surface area contributed by atoms with Gasteiger partial charge in [-0.1, -0.05) is 12.1 Å². The fourth-order valence-corrected chi connectivity index (χ4v) is 3.05. The number of anilines is 3. The van der Waals surface area contributed by atoms with E-state index in [0.717, 1.165) is 11.6 Å². The lowest BCUT2D eigenvalue weighted by Crippen LogP contribution is -2.25. The summed E-state index contributed by atoms with van der Waals surface area (Å²) in [6.07, 6.45) is 3.01. The van der Waals surface area contributed by atoms with Gasteiger partial charge >= 0.3 is 0 Å². The van der Waals surface area contributed by atoms with Crippen molar-refractivity contribution < 1.29 is 8.42 Å². The first kappa shape index (κ1) is 16.5. The fourth-order valence-electron chi connectivity index (χ4n) is 2.37. The summed E-state index contributed by atoms with van der Waals surface area (Å²) < 4.78 is 26.8. The lowest BCUT2D eigenvalue weighted by Gasteiger charge is -2.20. The van der Waals surface area contributed by atoms with Gasteiger partial charge in [-0.05, 0) is 29.8 Å². The molecule has 9 heteroatoms. The van der Waals surface area contributed by atoms with Crippen LogP contribution in [0.15, 0.2) is 36.5 Å². The molecule has 0 spiro atoms. The van der Waals surface area contributed by atoms with E-state index in [0.29, 0.717) is 22.8 Å². The Balaban J connectivity index is 2.10. The maximum Gasteiger partial charge on any atom is 0.232 e. The topological polar surface area (TPSA) is 80.1 Å². The molecule has 0 unspecified atom stereocenters. The van der Waals surface area contributed by atoms with Crippen molar-refractivity contribution in [2.75, 3.05) is 22.9 Å². The van der Waals surface area contributed by atoms with Crippen LogP contribution in [0.1, 0.15) is 0 Å². The first-order valence-corrected chi connectivity index (χ1v) is 9.28. The van der Waals surface area contributed by atoms with Crippen molar-refractivity contribution in [2.24, 2.45) is 7.05 Å². The van der Waals surface area contributed by atoms with Gasteiger partial charge in [0.1, 0.15) is 11.5 Å². The standard InChI is InChI=1S/C15H16ClN5O2S/c1-20-9-8-10-13(18-15(16)19-14(10)20)17-11-6-4-5-7-12(11)21(2)24(3,22)23/h4-9H,1-3H3,(H,17,18,19). The van der Waals surface area contributed by atoms with Crippen LogP contribution in [0.4, 0.5) is 17.2 Å². The van der Waals surface area contributed by atoms with E-state index in [2.05, 4.69) is 15.3 Å². The zero-order valence-electron chi connectivity index (χ0n) is 13.4. The number of aryl methyl sites for hydroxylation is 1. The molecule has 2 aromatic heterocycles. The van der Waals surface area contributed by atoms with Crippen LogP contribution in [-0.4, -0.2) is 36.3 Å². The molecule has 0 bridgehead atoms. The lowest BCUT2D eigenvalue weighted by molar-refractivity contribution is 0.600. The SMILES string of the molecule is CN(c1ccccc1Nc1nc(Cl)nc2c1ccn2C)S(C)(=O)=O. The van der Waals surface area contributed by atoms with E-state index in [1.165, 1.54) is 11.4 Å². The van der Waals surface area contributed by atoms with Crippen molar-refractivity contribution in [3.05, 3.63) is 41.8 Å². The maximum absolute atomic E-state index is 11.9. The quantitative estimate of drug-likeness (QED) is 0.719. The highest BCUT2D eigenvalue weighted by molar-refractivity contribution is 7.92. The number of sulfonamides is 1.